The zero-order valence-electron chi connectivity index (χ0n) is 26.7. The van der Waals surface area contributed by atoms with Crippen molar-refractivity contribution in [1.29, 1.82) is 0 Å². The van der Waals surface area contributed by atoms with Crippen LogP contribution in [0.15, 0.2) is 72.8 Å². The third-order valence-electron chi connectivity index (χ3n) is 9.94. The van der Waals surface area contributed by atoms with E-state index in [4.69, 9.17) is 18.9 Å². The number of methoxy groups -OCH3 is 2. The van der Waals surface area contributed by atoms with Gasteiger partial charge in [-0.05, 0) is 112 Å². The van der Waals surface area contributed by atoms with Crippen LogP contribution < -0.4 is 9.64 Å². The lowest BCUT2D eigenvalue weighted by molar-refractivity contribution is -0.195. The average molecular weight is 584 g/mol. The van der Waals surface area contributed by atoms with Crippen molar-refractivity contribution in [3.8, 4) is 5.75 Å². The summed E-state index contributed by atoms with van der Waals surface area (Å²) in [5, 5.41) is 0. The molecule has 0 aromatic heterocycles. The second-order valence-corrected chi connectivity index (χ2v) is 13.8. The summed E-state index contributed by atoms with van der Waals surface area (Å²) in [6, 6.07) is 27.3. The molecule has 3 atom stereocenters. The molecule has 1 spiro atoms. The van der Waals surface area contributed by atoms with Crippen molar-refractivity contribution in [2.45, 2.75) is 88.6 Å². The third-order valence-corrected chi connectivity index (χ3v) is 9.94. The molecule has 0 unspecified atom stereocenters. The van der Waals surface area contributed by atoms with Crippen LogP contribution in [0.5, 0.6) is 5.75 Å². The Morgan fingerprint density at radius 3 is 2.19 bits per heavy atom. The molecular formula is C38H49NO4. The van der Waals surface area contributed by atoms with Gasteiger partial charge in [0.25, 0.3) is 0 Å². The number of benzene rings is 3. The summed E-state index contributed by atoms with van der Waals surface area (Å²) in [4.78, 5) is 2.54. The van der Waals surface area contributed by atoms with Gasteiger partial charge >= 0.3 is 0 Å². The van der Waals surface area contributed by atoms with E-state index in [1.807, 2.05) is 0 Å². The van der Waals surface area contributed by atoms with Gasteiger partial charge in [0.05, 0.1) is 12.2 Å². The molecule has 230 valence electrons. The van der Waals surface area contributed by atoms with Gasteiger partial charge in [0, 0.05) is 44.8 Å². The Hall–Kier alpha value is -2.86. The Labute approximate surface area is 258 Å². The number of fused-ring (bicyclic) bond motifs is 1. The van der Waals surface area contributed by atoms with Crippen LogP contribution in [0.1, 0.15) is 87.0 Å². The van der Waals surface area contributed by atoms with Gasteiger partial charge in [-0.15, -0.1) is 0 Å². The molecule has 0 N–H and O–H groups in total. The molecule has 5 heteroatoms. The highest BCUT2D eigenvalue weighted by molar-refractivity contribution is 5.53. The average Bonchev–Trinajstić information content (AvgIpc) is 3.02. The molecule has 0 amide bonds. The Morgan fingerprint density at radius 1 is 0.837 bits per heavy atom. The summed E-state index contributed by atoms with van der Waals surface area (Å²) in [6.45, 7) is 9.11. The van der Waals surface area contributed by atoms with Crippen molar-refractivity contribution in [1.82, 2.24) is 0 Å². The summed E-state index contributed by atoms with van der Waals surface area (Å²) in [7, 11) is 3.44. The van der Waals surface area contributed by atoms with Crippen molar-refractivity contribution in [2.75, 3.05) is 38.8 Å². The molecule has 5 nitrogen and oxygen atoms in total. The van der Waals surface area contributed by atoms with Gasteiger partial charge in [-0.25, -0.2) is 0 Å². The monoisotopic (exact) mass is 583 g/mol. The fourth-order valence-corrected chi connectivity index (χ4v) is 7.73. The van der Waals surface area contributed by atoms with E-state index in [1.165, 1.54) is 27.9 Å². The molecule has 3 aliphatic rings. The van der Waals surface area contributed by atoms with Gasteiger partial charge in [0.1, 0.15) is 11.4 Å². The van der Waals surface area contributed by atoms with Crippen LogP contribution in [-0.4, -0.2) is 51.4 Å². The predicted molar refractivity (Wildman–Crippen MR) is 173 cm³/mol. The van der Waals surface area contributed by atoms with Crippen molar-refractivity contribution >= 4 is 5.69 Å². The van der Waals surface area contributed by atoms with Gasteiger partial charge in [-0.1, -0.05) is 48.5 Å². The quantitative estimate of drug-likeness (QED) is 0.263. The molecule has 43 heavy (non-hydrogen) atoms. The third kappa shape index (κ3) is 6.64. The van der Waals surface area contributed by atoms with Gasteiger partial charge in [-0.3, -0.25) is 0 Å². The molecule has 2 heterocycles. The maximum atomic E-state index is 6.51. The van der Waals surface area contributed by atoms with Crippen molar-refractivity contribution < 1.29 is 18.9 Å². The van der Waals surface area contributed by atoms with E-state index in [0.717, 1.165) is 64.0 Å². The van der Waals surface area contributed by atoms with E-state index in [0.29, 0.717) is 17.8 Å². The van der Waals surface area contributed by atoms with Crippen LogP contribution in [0.4, 0.5) is 5.69 Å². The molecule has 2 fully saturated rings. The second-order valence-electron chi connectivity index (χ2n) is 13.8. The van der Waals surface area contributed by atoms with Gasteiger partial charge in [0.2, 0.25) is 0 Å². The number of piperidine rings is 1. The Morgan fingerprint density at radius 2 is 1.56 bits per heavy atom. The SMILES string of the molecule is COC(OC)[C@H]1CCC2(CCN(c3ccc([C@@H]4c5ccc(OC(C)(C)C)cc5CC[C@@H]4c4ccccc4)cc3)CC2)OC1. The van der Waals surface area contributed by atoms with Gasteiger partial charge in [0.15, 0.2) is 6.29 Å². The van der Waals surface area contributed by atoms with E-state index >= 15 is 0 Å². The molecule has 0 radical (unpaired) electrons. The Balaban J connectivity index is 1.18. The molecule has 1 aliphatic carbocycles. The highest BCUT2D eigenvalue weighted by Crippen LogP contribution is 2.47. The molecule has 0 bridgehead atoms. The fraction of sp³-hybridized carbons (Fsp3) is 0.526. The summed E-state index contributed by atoms with van der Waals surface area (Å²) in [5.74, 6) is 2.05. The minimum absolute atomic E-state index is 0.00322. The fourth-order valence-electron chi connectivity index (χ4n) is 7.73. The predicted octanol–water partition coefficient (Wildman–Crippen LogP) is 8.11. The highest BCUT2D eigenvalue weighted by atomic mass is 16.7. The van der Waals surface area contributed by atoms with Crippen molar-refractivity contribution in [3.05, 3.63) is 95.1 Å². The minimum atomic E-state index is -0.207. The largest absolute Gasteiger partial charge is 0.488 e. The first-order valence-corrected chi connectivity index (χ1v) is 16.2. The highest BCUT2D eigenvalue weighted by Gasteiger charge is 2.41. The maximum absolute atomic E-state index is 6.51. The first-order valence-electron chi connectivity index (χ1n) is 16.2. The number of rotatable bonds is 7. The van der Waals surface area contributed by atoms with E-state index in [2.05, 4.69) is 98.5 Å². The second kappa shape index (κ2) is 12.6. The van der Waals surface area contributed by atoms with E-state index < -0.39 is 0 Å². The van der Waals surface area contributed by atoms with Crippen LogP contribution in [0.2, 0.25) is 0 Å². The van der Waals surface area contributed by atoms with Gasteiger partial charge < -0.3 is 23.8 Å². The standard InChI is InChI=1S/C38H49NO4/c1-37(2,3)43-32-16-18-34-29(25-32)13-17-33(27-9-7-6-8-10-27)35(34)28-11-14-31(15-12-28)39-23-21-38(22-24-39)20-19-30(26-42-38)36(40-4)41-5/h6-12,14-16,18,25,30,33,35-36H,13,17,19-24,26H2,1-5H3/t30-,33+,35-/m0/s1. The first kappa shape index (κ1) is 30.2. The molecular weight excluding hydrogens is 534 g/mol. The molecule has 2 aliphatic heterocycles. The minimum Gasteiger partial charge on any atom is -0.488 e. The molecule has 0 saturated carbocycles. The lowest BCUT2D eigenvalue weighted by Gasteiger charge is -2.47. The number of nitrogens with zero attached hydrogens (tertiary/aromatic N) is 1. The summed E-state index contributed by atoms with van der Waals surface area (Å²) < 4.78 is 23.8. The molecule has 2 saturated heterocycles. The lowest BCUT2D eigenvalue weighted by Crippen LogP contribution is -2.50. The summed E-state index contributed by atoms with van der Waals surface area (Å²) >= 11 is 0. The van der Waals surface area contributed by atoms with Crippen LogP contribution in [0.3, 0.4) is 0 Å². The van der Waals surface area contributed by atoms with E-state index in [9.17, 15) is 0 Å². The van der Waals surface area contributed by atoms with Crippen LogP contribution in [0.25, 0.3) is 0 Å². The summed E-state index contributed by atoms with van der Waals surface area (Å²) in [5.41, 5.74) is 6.78. The lowest BCUT2D eigenvalue weighted by atomic mass is 9.69. The first-order chi connectivity index (χ1) is 20.8. The molecule has 6 rings (SSSR count). The molecule has 3 aromatic rings. The summed E-state index contributed by atoms with van der Waals surface area (Å²) in [6.07, 6.45) is 6.34. The van der Waals surface area contributed by atoms with Crippen LogP contribution >= 0.6 is 0 Å². The number of ether oxygens (including phenoxy) is 4. The normalized spacial score (nSPS) is 23.8. The van der Waals surface area contributed by atoms with Gasteiger partial charge in [-0.2, -0.15) is 0 Å². The van der Waals surface area contributed by atoms with E-state index in [-0.39, 0.29) is 17.5 Å². The van der Waals surface area contributed by atoms with Crippen LogP contribution in [0, 0.1) is 5.92 Å². The smallest absolute Gasteiger partial charge is 0.161 e. The van der Waals surface area contributed by atoms with Crippen LogP contribution in [-0.2, 0) is 20.6 Å². The number of hydrogen-bond acceptors (Lipinski definition) is 5. The zero-order valence-corrected chi connectivity index (χ0v) is 26.7. The topological polar surface area (TPSA) is 40.2 Å². The number of anilines is 1. The maximum Gasteiger partial charge on any atom is 0.161 e. The van der Waals surface area contributed by atoms with Crippen molar-refractivity contribution in [3.63, 3.8) is 0 Å². The number of hydrogen-bond donors (Lipinski definition) is 0. The Bertz CT molecular complexity index is 1330. The van der Waals surface area contributed by atoms with E-state index in [1.54, 1.807) is 14.2 Å². The Kier molecular flexibility index (Phi) is 8.86. The number of aryl methyl sites for hydroxylation is 1. The van der Waals surface area contributed by atoms with Crippen molar-refractivity contribution in [2.24, 2.45) is 5.92 Å². The zero-order chi connectivity index (χ0) is 30.0. The molecule has 3 aromatic carbocycles.